The molecule has 2 unspecified atom stereocenters. The van der Waals surface area contributed by atoms with Gasteiger partial charge in [0.15, 0.2) is 0 Å². The number of unbranched alkanes of at least 4 members (excludes halogenated alkanes) is 1. The topological polar surface area (TPSA) is 20.2 Å². The number of hydrogen-bond acceptors (Lipinski definition) is 1. The average Bonchev–Trinajstić information content (AvgIpc) is 2.04. The molecule has 1 N–H and O–H groups in total. The Morgan fingerprint density at radius 1 is 1.15 bits per heavy atom. The van der Waals surface area contributed by atoms with Crippen LogP contribution >= 0.6 is 0 Å². The Hall–Kier alpha value is -0.0400. The van der Waals surface area contributed by atoms with E-state index in [1.807, 2.05) is 0 Å². The molecule has 0 aromatic rings. The molecule has 0 saturated carbocycles. The van der Waals surface area contributed by atoms with Crippen LogP contribution < -0.4 is 0 Å². The molecule has 80 valence electrons. The lowest BCUT2D eigenvalue weighted by Gasteiger charge is -2.32. The predicted octanol–water partition coefficient (Wildman–Crippen LogP) is 3.61. The summed E-state index contributed by atoms with van der Waals surface area (Å²) < 4.78 is 0. The molecular formula is C12H26O. The zero-order valence-corrected chi connectivity index (χ0v) is 9.93. The van der Waals surface area contributed by atoms with Gasteiger partial charge in [0.1, 0.15) is 0 Å². The van der Waals surface area contributed by atoms with E-state index in [2.05, 4.69) is 34.6 Å². The Labute approximate surface area is 83.5 Å². The minimum absolute atomic E-state index is 0.0361. The van der Waals surface area contributed by atoms with Gasteiger partial charge in [-0.3, -0.25) is 0 Å². The first-order chi connectivity index (χ1) is 5.93. The summed E-state index contributed by atoms with van der Waals surface area (Å²) in [6.45, 7) is 10.7. The highest BCUT2D eigenvalue weighted by Crippen LogP contribution is 2.29. The van der Waals surface area contributed by atoms with Crippen molar-refractivity contribution in [2.45, 2.75) is 66.4 Å². The number of rotatable bonds is 5. The summed E-state index contributed by atoms with van der Waals surface area (Å²) in [5, 5.41) is 10.1. The summed E-state index contributed by atoms with van der Waals surface area (Å²) in [6.07, 6.45) is 4.59. The fourth-order valence-corrected chi connectivity index (χ4v) is 1.76. The molecule has 1 heteroatoms. The highest BCUT2D eigenvalue weighted by Gasteiger charge is 2.28. The molecular weight excluding hydrogens is 160 g/mol. The molecule has 13 heavy (non-hydrogen) atoms. The number of aliphatic hydroxyl groups is 1. The van der Waals surface area contributed by atoms with Gasteiger partial charge in [-0.05, 0) is 17.8 Å². The summed E-state index contributed by atoms with van der Waals surface area (Å²) in [5.74, 6) is 0.486. The van der Waals surface area contributed by atoms with E-state index >= 15 is 0 Å². The van der Waals surface area contributed by atoms with Gasteiger partial charge < -0.3 is 5.11 Å². The van der Waals surface area contributed by atoms with Crippen LogP contribution in [0.5, 0.6) is 0 Å². The Balaban J connectivity index is 4.07. The van der Waals surface area contributed by atoms with Gasteiger partial charge in [0.05, 0.1) is 6.10 Å². The molecule has 0 rings (SSSR count). The molecule has 2 atom stereocenters. The van der Waals surface area contributed by atoms with Crippen LogP contribution in [0, 0.1) is 11.3 Å². The van der Waals surface area contributed by atoms with Crippen LogP contribution in [0.3, 0.4) is 0 Å². The molecule has 0 aliphatic heterocycles. The van der Waals surface area contributed by atoms with E-state index in [4.69, 9.17) is 0 Å². The normalized spacial score (nSPS) is 17.1. The summed E-state index contributed by atoms with van der Waals surface area (Å²) >= 11 is 0. The van der Waals surface area contributed by atoms with Crippen LogP contribution in [0.25, 0.3) is 0 Å². The molecule has 0 fully saturated rings. The van der Waals surface area contributed by atoms with E-state index in [9.17, 15) is 5.11 Å². The third kappa shape index (κ3) is 4.66. The minimum atomic E-state index is -0.149. The standard InChI is InChI=1S/C12H26O/c1-6-8-9-10(7-2)11(13)12(3,4)5/h10-11,13H,6-9H2,1-5H3. The molecule has 0 aliphatic rings. The van der Waals surface area contributed by atoms with Crippen molar-refractivity contribution in [1.82, 2.24) is 0 Å². The van der Waals surface area contributed by atoms with Crippen LogP contribution in [0.1, 0.15) is 60.3 Å². The second kappa shape index (κ2) is 5.64. The first kappa shape index (κ1) is 13.0. The quantitative estimate of drug-likeness (QED) is 0.695. The van der Waals surface area contributed by atoms with Crippen molar-refractivity contribution in [2.75, 3.05) is 0 Å². The van der Waals surface area contributed by atoms with Crippen molar-refractivity contribution in [3.63, 3.8) is 0 Å². The first-order valence-corrected chi connectivity index (χ1v) is 5.61. The van der Waals surface area contributed by atoms with Crippen molar-refractivity contribution in [3.8, 4) is 0 Å². The number of aliphatic hydroxyl groups excluding tert-OH is 1. The van der Waals surface area contributed by atoms with Crippen molar-refractivity contribution in [3.05, 3.63) is 0 Å². The Morgan fingerprint density at radius 2 is 1.69 bits per heavy atom. The van der Waals surface area contributed by atoms with Gasteiger partial charge in [-0.1, -0.05) is 53.9 Å². The lowest BCUT2D eigenvalue weighted by atomic mass is 9.78. The third-order valence-corrected chi connectivity index (χ3v) is 2.79. The maximum atomic E-state index is 10.1. The molecule has 0 amide bonds. The molecule has 1 nitrogen and oxygen atoms in total. The van der Waals surface area contributed by atoms with Crippen LogP contribution in [-0.2, 0) is 0 Å². The lowest BCUT2D eigenvalue weighted by molar-refractivity contribution is 0.00622. The zero-order valence-electron chi connectivity index (χ0n) is 9.93. The minimum Gasteiger partial charge on any atom is -0.392 e. The second-order valence-corrected chi connectivity index (χ2v) is 5.12. The van der Waals surface area contributed by atoms with Crippen molar-refractivity contribution >= 4 is 0 Å². The van der Waals surface area contributed by atoms with Gasteiger partial charge in [-0.15, -0.1) is 0 Å². The van der Waals surface area contributed by atoms with E-state index in [0.717, 1.165) is 6.42 Å². The largest absolute Gasteiger partial charge is 0.392 e. The maximum absolute atomic E-state index is 10.1. The summed E-state index contributed by atoms with van der Waals surface area (Å²) in [4.78, 5) is 0. The van der Waals surface area contributed by atoms with E-state index in [1.165, 1.54) is 19.3 Å². The van der Waals surface area contributed by atoms with Gasteiger partial charge in [0.2, 0.25) is 0 Å². The van der Waals surface area contributed by atoms with Crippen LogP contribution in [0.15, 0.2) is 0 Å². The van der Waals surface area contributed by atoms with E-state index < -0.39 is 0 Å². The number of hydrogen-bond donors (Lipinski definition) is 1. The van der Waals surface area contributed by atoms with E-state index in [-0.39, 0.29) is 11.5 Å². The SMILES string of the molecule is CCCCC(CC)C(O)C(C)(C)C. The molecule has 0 bridgehead atoms. The van der Waals surface area contributed by atoms with Gasteiger partial charge >= 0.3 is 0 Å². The van der Waals surface area contributed by atoms with Crippen LogP contribution in [0.2, 0.25) is 0 Å². The van der Waals surface area contributed by atoms with Crippen molar-refractivity contribution < 1.29 is 5.11 Å². The molecule has 0 aliphatic carbocycles. The summed E-state index contributed by atoms with van der Waals surface area (Å²) in [5.41, 5.74) is 0.0361. The maximum Gasteiger partial charge on any atom is 0.0616 e. The summed E-state index contributed by atoms with van der Waals surface area (Å²) in [7, 11) is 0. The molecule has 0 aromatic carbocycles. The van der Waals surface area contributed by atoms with Gasteiger partial charge in [0.25, 0.3) is 0 Å². The Kier molecular flexibility index (Phi) is 5.62. The molecule has 0 radical (unpaired) electrons. The fourth-order valence-electron chi connectivity index (χ4n) is 1.76. The Bertz CT molecular complexity index is 124. The van der Waals surface area contributed by atoms with Crippen LogP contribution in [0.4, 0.5) is 0 Å². The second-order valence-electron chi connectivity index (χ2n) is 5.12. The van der Waals surface area contributed by atoms with Gasteiger partial charge in [-0.25, -0.2) is 0 Å². The highest BCUT2D eigenvalue weighted by atomic mass is 16.3. The molecule has 0 saturated heterocycles. The average molecular weight is 186 g/mol. The highest BCUT2D eigenvalue weighted by molar-refractivity contribution is 4.79. The Morgan fingerprint density at radius 3 is 2.00 bits per heavy atom. The summed E-state index contributed by atoms with van der Waals surface area (Å²) in [6, 6.07) is 0. The van der Waals surface area contributed by atoms with Crippen molar-refractivity contribution in [2.24, 2.45) is 11.3 Å². The van der Waals surface area contributed by atoms with E-state index in [1.54, 1.807) is 0 Å². The van der Waals surface area contributed by atoms with E-state index in [0.29, 0.717) is 5.92 Å². The monoisotopic (exact) mass is 186 g/mol. The van der Waals surface area contributed by atoms with Gasteiger partial charge in [0, 0.05) is 0 Å². The molecule has 0 spiro atoms. The third-order valence-electron chi connectivity index (χ3n) is 2.79. The zero-order chi connectivity index (χ0) is 10.5. The molecule has 0 aromatic heterocycles. The van der Waals surface area contributed by atoms with Crippen LogP contribution in [-0.4, -0.2) is 11.2 Å². The van der Waals surface area contributed by atoms with Gasteiger partial charge in [-0.2, -0.15) is 0 Å². The lowest BCUT2D eigenvalue weighted by Crippen LogP contribution is -2.33. The van der Waals surface area contributed by atoms with Crippen molar-refractivity contribution in [1.29, 1.82) is 0 Å². The fraction of sp³-hybridized carbons (Fsp3) is 1.00. The predicted molar refractivity (Wildman–Crippen MR) is 58.8 cm³/mol. The first-order valence-electron chi connectivity index (χ1n) is 5.61. The molecule has 0 heterocycles. The smallest absolute Gasteiger partial charge is 0.0616 e.